The molecule has 206 valence electrons. The van der Waals surface area contributed by atoms with Gasteiger partial charge in [-0.3, -0.25) is 14.4 Å². The summed E-state index contributed by atoms with van der Waals surface area (Å²) in [5.41, 5.74) is 0.729. The van der Waals surface area contributed by atoms with E-state index in [2.05, 4.69) is 0 Å². The van der Waals surface area contributed by atoms with Crippen LogP contribution in [0.2, 0.25) is 0 Å². The van der Waals surface area contributed by atoms with Crippen LogP contribution in [0, 0.1) is 10.8 Å². The third kappa shape index (κ3) is 7.88. The molecule has 1 amide bonds. The molecule has 0 aromatic carbocycles. The Morgan fingerprint density at radius 3 is 2.38 bits per heavy atom. The Morgan fingerprint density at radius 2 is 1.76 bits per heavy atom. The zero-order chi connectivity index (χ0) is 27.8. The summed E-state index contributed by atoms with van der Waals surface area (Å²) < 4.78 is 18.5. The number of thiocarbonyl (C=S) groups is 1. The van der Waals surface area contributed by atoms with Crippen LogP contribution in [0.1, 0.15) is 71.3 Å². The van der Waals surface area contributed by atoms with Crippen molar-refractivity contribution >= 4 is 41.2 Å². The van der Waals surface area contributed by atoms with E-state index < -0.39 is 22.7 Å². The van der Waals surface area contributed by atoms with Crippen molar-refractivity contribution < 1.29 is 28.6 Å². The van der Waals surface area contributed by atoms with Crippen molar-refractivity contribution in [2.75, 3.05) is 31.8 Å². The van der Waals surface area contributed by atoms with Gasteiger partial charge in [-0.2, -0.15) is 0 Å². The zero-order valence-corrected chi connectivity index (χ0v) is 23.9. The predicted octanol–water partition coefficient (Wildman–Crippen LogP) is 4.54. The van der Waals surface area contributed by atoms with E-state index in [1.165, 1.54) is 10.4 Å². The number of hydrogen-bond donors (Lipinski definition) is 0. The number of ether oxygens (including phenoxy) is 3. The van der Waals surface area contributed by atoms with E-state index >= 15 is 0 Å². The molecule has 2 heterocycles. The fourth-order valence-corrected chi connectivity index (χ4v) is 3.94. The molecule has 2 rings (SSSR count). The number of fused-ring (bicyclic) bond motifs is 1. The van der Waals surface area contributed by atoms with E-state index in [0.717, 1.165) is 0 Å². The number of esters is 2. The summed E-state index contributed by atoms with van der Waals surface area (Å²) in [5.74, 6) is -1.17. The molecular weight excluding hydrogens is 494 g/mol. The molecule has 1 aromatic heterocycles. The average Bonchev–Trinajstić information content (AvgIpc) is 3.28. The number of amides is 1. The third-order valence-electron chi connectivity index (χ3n) is 6.62. The minimum atomic E-state index is -0.795. The van der Waals surface area contributed by atoms with Crippen molar-refractivity contribution in [3.8, 4) is 0 Å². The van der Waals surface area contributed by atoms with Gasteiger partial charge in [0.15, 0.2) is 13.5 Å². The lowest BCUT2D eigenvalue weighted by Gasteiger charge is -2.27. The van der Waals surface area contributed by atoms with Gasteiger partial charge in [0, 0.05) is 19.8 Å². The lowest BCUT2D eigenvalue weighted by Crippen LogP contribution is -2.37. The number of carbonyl (C=O) groups excluding carboxylic acids is 3. The molecule has 0 saturated heterocycles. The summed E-state index contributed by atoms with van der Waals surface area (Å²) in [7, 11) is 1.55. The monoisotopic (exact) mass is 535 g/mol. The molecule has 9 nitrogen and oxygen atoms in total. The van der Waals surface area contributed by atoms with Gasteiger partial charge in [-0.1, -0.05) is 31.3 Å². The first-order valence-electron chi connectivity index (χ1n) is 12.6. The van der Waals surface area contributed by atoms with E-state index in [0.29, 0.717) is 38.1 Å². The summed E-state index contributed by atoms with van der Waals surface area (Å²) in [4.78, 5) is 42.6. The van der Waals surface area contributed by atoms with Crippen LogP contribution < -0.4 is 4.90 Å². The second-order valence-corrected chi connectivity index (χ2v) is 10.8. The second kappa shape index (κ2) is 13.2. The first-order valence-corrected chi connectivity index (χ1v) is 13.1. The molecule has 1 aliphatic heterocycles. The molecule has 1 aromatic rings. The Kier molecular flexibility index (Phi) is 10.9. The highest BCUT2D eigenvalue weighted by atomic mass is 32.1. The molecule has 1 aliphatic rings. The summed E-state index contributed by atoms with van der Waals surface area (Å²) in [6.45, 7) is 11.7. The number of cyclic esters (lactones) is 2. The van der Waals surface area contributed by atoms with Gasteiger partial charge in [0.2, 0.25) is 0 Å². The first kappa shape index (κ1) is 30.5. The average molecular weight is 536 g/mol. The summed E-state index contributed by atoms with van der Waals surface area (Å²) in [5, 5.41) is 0. The molecular formula is C27H41N3O6S. The maximum absolute atomic E-state index is 13.6. The lowest BCUT2D eigenvalue weighted by atomic mass is 9.83. The molecule has 0 radical (unpaired) electrons. The standard InChI is InChI=1S/C27H41N3O6S/c1-8-27(6)13-10-9-12-26(4,5)24(32)35-17-28(7)23(31)22-21(11-14-29(22)18-36-25(27)33)30(19-37)15-16-34-20(2)3/h9-11,14,19-20H,8,12-13,15-18H2,1-7H3/b10-9-. The molecule has 0 saturated carbocycles. The number of hydrogen-bond acceptors (Lipinski definition) is 7. The molecule has 0 fully saturated rings. The van der Waals surface area contributed by atoms with Crippen LogP contribution in [0.3, 0.4) is 0 Å². The molecule has 1 atom stereocenters. The zero-order valence-electron chi connectivity index (χ0n) is 23.1. The lowest BCUT2D eigenvalue weighted by molar-refractivity contribution is -0.159. The minimum Gasteiger partial charge on any atom is -0.444 e. The van der Waals surface area contributed by atoms with E-state index in [4.69, 9.17) is 26.4 Å². The number of allylic oxidation sites excluding steroid dienone is 2. The van der Waals surface area contributed by atoms with E-state index in [9.17, 15) is 14.4 Å². The molecule has 1 unspecified atom stereocenters. The second-order valence-electron chi connectivity index (χ2n) is 10.5. The normalized spacial score (nSPS) is 22.3. The molecule has 0 spiro atoms. The fourth-order valence-electron chi connectivity index (χ4n) is 3.72. The SMILES string of the molecule is CCC1(C)C/C=C\CC(C)(C)C(=O)OCN(C)C(=O)c2c(N(C=S)CCOC(C)C)ccn2COC1=O. The van der Waals surface area contributed by atoms with E-state index in [-0.39, 0.29) is 31.2 Å². The van der Waals surface area contributed by atoms with Crippen LogP contribution in [0.15, 0.2) is 24.4 Å². The van der Waals surface area contributed by atoms with Crippen LogP contribution in [-0.2, 0) is 30.5 Å². The summed E-state index contributed by atoms with van der Waals surface area (Å²) in [6.07, 6.45) is 7.01. The van der Waals surface area contributed by atoms with Crippen molar-refractivity contribution in [3.63, 3.8) is 0 Å². The van der Waals surface area contributed by atoms with Crippen LogP contribution in [0.4, 0.5) is 5.69 Å². The van der Waals surface area contributed by atoms with Crippen LogP contribution >= 0.6 is 12.2 Å². The topological polar surface area (TPSA) is 90.3 Å². The fraction of sp³-hybridized carbons (Fsp3) is 0.630. The molecule has 0 N–H and O–H groups in total. The molecule has 0 bridgehead atoms. The van der Waals surface area contributed by atoms with Gasteiger partial charge < -0.3 is 28.6 Å². The molecule has 10 heteroatoms. The Morgan fingerprint density at radius 1 is 1.11 bits per heavy atom. The predicted molar refractivity (Wildman–Crippen MR) is 146 cm³/mol. The Hall–Kier alpha value is -2.72. The highest BCUT2D eigenvalue weighted by molar-refractivity contribution is 7.79. The quantitative estimate of drug-likeness (QED) is 0.286. The number of nitrogens with zero attached hydrogens (tertiary/aromatic N) is 3. The maximum Gasteiger partial charge on any atom is 0.313 e. The molecule has 37 heavy (non-hydrogen) atoms. The van der Waals surface area contributed by atoms with Crippen molar-refractivity contribution in [2.24, 2.45) is 10.8 Å². The van der Waals surface area contributed by atoms with Gasteiger partial charge in [-0.05, 0) is 59.9 Å². The number of aromatic nitrogens is 1. The van der Waals surface area contributed by atoms with Crippen LogP contribution in [-0.4, -0.2) is 65.8 Å². The number of anilines is 1. The Labute approximate surface area is 225 Å². The van der Waals surface area contributed by atoms with Gasteiger partial charge in [0.05, 0.1) is 34.7 Å². The van der Waals surface area contributed by atoms with Crippen molar-refractivity contribution in [1.82, 2.24) is 9.47 Å². The number of carbonyl (C=O) groups is 3. The maximum atomic E-state index is 13.6. The molecule has 0 aliphatic carbocycles. The minimum absolute atomic E-state index is 0.0525. The van der Waals surface area contributed by atoms with E-state index in [1.54, 1.807) is 42.6 Å². The highest BCUT2D eigenvalue weighted by Gasteiger charge is 2.34. The Bertz CT molecular complexity index is 1000. The van der Waals surface area contributed by atoms with Gasteiger partial charge in [0.25, 0.3) is 5.91 Å². The smallest absolute Gasteiger partial charge is 0.313 e. The van der Waals surface area contributed by atoms with Gasteiger partial charge in [-0.25, -0.2) is 0 Å². The highest BCUT2D eigenvalue weighted by Crippen LogP contribution is 2.31. The number of rotatable bonds is 7. The van der Waals surface area contributed by atoms with Gasteiger partial charge in [-0.15, -0.1) is 0 Å². The largest absolute Gasteiger partial charge is 0.444 e. The third-order valence-corrected chi connectivity index (χ3v) is 6.88. The van der Waals surface area contributed by atoms with Crippen molar-refractivity contribution in [2.45, 2.75) is 73.6 Å². The van der Waals surface area contributed by atoms with Crippen molar-refractivity contribution in [3.05, 3.63) is 30.1 Å². The van der Waals surface area contributed by atoms with Gasteiger partial charge in [0.1, 0.15) is 5.69 Å². The summed E-state index contributed by atoms with van der Waals surface area (Å²) in [6, 6.07) is 1.75. The van der Waals surface area contributed by atoms with Gasteiger partial charge >= 0.3 is 11.9 Å². The van der Waals surface area contributed by atoms with Crippen LogP contribution in [0.5, 0.6) is 0 Å². The van der Waals surface area contributed by atoms with Crippen molar-refractivity contribution in [1.29, 1.82) is 0 Å². The van der Waals surface area contributed by atoms with Crippen LogP contribution in [0.25, 0.3) is 0 Å². The van der Waals surface area contributed by atoms with E-state index in [1.807, 2.05) is 39.8 Å². The first-order chi connectivity index (χ1) is 17.4. The Balaban J connectivity index is 2.47. The summed E-state index contributed by atoms with van der Waals surface area (Å²) >= 11 is 5.24.